The molecule has 3 aliphatic rings. The number of aromatic nitrogens is 1. The molecule has 7 atom stereocenters. The van der Waals surface area contributed by atoms with Gasteiger partial charge in [0.1, 0.15) is 36.0 Å². The van der Waals surface area contributed by atoms with Crippen molar-refractivity contribution in [2.24, 2.45) is 11.7 Å². The summed E-state index contributed by atoms with van der Waals surface area (Å²) in [6.45, 7) is -0.674. The van der Waals surface area contributed by atoms with Crippen molar-refractivity contribution in [3.05, 3.63) is 65.9 Å². The van der Waals surface area contributed by atoms with E-state index in [1.807, 2.05) is 6.07 Å². The van der Waals surface area contributed by atoms with Crippen LogP contribution in [0.25, 0.3) is 10.9 Å². The number of ether oxygens (including phenoxy) is 1. The van der Waals surface area contributed by atoms with Gasteiger partial charge >= 0.3 is 5.97 Å². The van der Waals surface area contributed by atoms with Crippen LogP contribution in [-0.4, -0.2) is 154 Å². The summed E-state index contributed by atoms with van der Waals surface area (Å²) < 4.78 is 5.46. The van der Waals surface area contributed by atoms with Gasteiger partial charge in [0, 0.05) is 49.6 Å². The van der Waals surface area contributed by atoms with Crippen LogP contribution in [-0.2, 0) is 46.4 Å². The van der Waals surface area contributed by atoms with Crippen molar-refractivity contribution >= 4 is 58.3 Å². The highest BCUT2D eigenvalue weighted by Crippen LogP contribution is 2.29. The van der Waals surface area contributed by atoms with E-state index in [0.29, 0.717) is 42.6 Å². The number of aliphatic hydroxyl groups is 2. The highest BCUT2D eigenvalue weighted by molar-refractivity contribution is 5.97. The largest absolute Gasteiger partial charge is 0.497 e. The first-order chi connectivity index (χ1) is 33.6. The number of carbonyl (C=O) groups excluding carboxylic acids is 6. The van der Waals surface area contributed by atoms with E-state index in [-0.39, 0.29) is 82.9 Å². The van der Waals surface area contributed by atoms with E-state index >= 15 is 0 Å². The van der Waals surface area contributed by atoms with Gasteiger partial charge in [-0.2, -0.15) is 0 Å². The van der Waals surface area contributed by atoms with E-state index in [1.54, 1.807) is 48.7 Å². The summed E-state index contributed by atoms with van der Waals surface area (Å²) in [5, 5.41) is 58.6. The first-order valence-electron chi connectivity index (χ1n) is 23.9. The fourth-order valence-electron chi connectivity index (χ4n) is 9.43. The third-order valence-corrected chi connectivity index (χ3v) is 13.2. The Morgan fingerprint density at radius 2 is 1.61 bits per heavy atom. The number of hydrogen-bond acceptors (Lipinski definition) is 12. The molecule has 3 aromatic rings. The number of nitrogens with two attached hydrogens (primary N) is 1. The molecule has 380 valence electrons. The molecular weight excluding hydrogens is 907 g/mol. The number of fused-ring (bicyclic) bond motifs is 2. The molecule has 6 amide bonds. The predicted octanol–water partition coefficient (Wildman–Crippen LogP) is -0.980. The van der Waals surface area contributed by atoms with Gasteiger partial charge in [0.05, 0.1) is 31.9 Å². The summed E-state index contributed by atoms with van der Waals surface area (Å²) in [5.41, 5.74) is 7.59. The Balaban J connectivity index is 1.34. The van der Waals surface area contributed by atoms with Gasteiger partial charge in [0.2, 0.25) is 35.4 Å². The van der Waals surface area contributed by atoms with Gasteiger partial charge in [-0.3, -0.25) is 44.3 Å². The molecule has 70 heavy (non-hydrogen) atoms. The monoisotopic (exact) mass is 974 g/mol. The van der Waals surface area contributed by atoms with Crippen molar-refractivity contribution < 1.29 is 53.6 Å². The van der Waals surface area contributed by atoms with Gasteiger partial charge < -0.3 is 67.6 Å². The summed E-state index contributed by atoms with van der Waals surface area (Å²) in [4.78, 5) is 103. The van der Waals surface area contributed by atoms with Crippen molar-refractivity contribution in [2.45, 2.75) is 126 Å². The molecule has 3 heterocycles. The van der Waals surface area contributed by atoms with E-state index in [9.17, 15) is 48.9 Å². The van der Waals surface area contributed by atoms with Gasteiger partial charge in [-0.05, 0) is 99.5 Å². The number of methoxy groups -OCH3 is 1. The highest BCUT2D eigenvalue weighted by atomic mass is 16.5. The molecule has 6 rings (SSSR count). The molecule has 1 unspecified atom stereocenters. The minimum absolute atomic E-state index is 0.0367. The number of amides is 6. The molecule has 2 aromatic carbocycles. The number of aliphatic carboxylic acids is 1. The average Bonchev–Trinajstić information content (AvgIpc) is 3.94. The number of nitrogens with zero attached hydrogens (tertiary/aromatic N) is 1. The zero-order valence-electron chi connectivity index (χ0n) is 39.3. The van der Waals surface area contributed by atoms with Crippen LogP contribution in [0.4, 0.5) is 0 Å². The standard InChI is InChI=1S/C48H67N11O11/c1-70-32-15-16-34-33(23-32)29(24-53-34)21-39-45(67)55-35(9-5-18-52-48(49)50)42(64)51-17-6-10-36(56-43(65)37(54-25-41(62)63)19-27-7-3-2-4-8-27)47(69)59-26-31(61)22-40(59)46(68)58-38(44(66)57-39)20-28-11-13-30(60)14-12-28/h2-4,7-8,15-16,23-24,28,30-31,35-40,53-54,60-61H,5-6,9-14,17-22,25-26H2,1H3,(H,51,64)(H,55,67)(H,56,65)(H,57,66)(H,58,68)(H,62,63)(H4,49,50,52)/t28-,30+,31-,35+,36+,37?,38-,39+,40+/m1/s1. The van der Waals surface area contributed by atoms with E-state index in [2.05, 4.69) is 42.2 Å². The van der Waals surface area contributed by atoms with Crippen LogP contribution in [0, 0.1) is 11.3 Å². The maximum Gasteiger partial charge on any atom is 0.317 e. The van der Waals surface area contributed by atoms with Crippen LogP contribution in [0.1, 0.15) is 75.3 Å². The lowest BCUT2D eigenvalue weighted by Crippen LogP contribution is -2.60. The Morgan fingerprint density at radius 1 is 0.900 bits per heavy atom. The number of carbonyl (C=O) groups is 7. The molecule has 1 aliphatic carbocycles. The third kappa shape index (κ3) is 14.9. The normalized spacial score (nSPS) is 25.5. The second kappa shape index (κ2) is 25.2. The van der Waals surface area contributed by atoms with Crippen LogP contribution in [0.2, 0.25) is 0 Å². The maximum atomic E-state index is 14.7. The fourth-order valence-corrected chi connectivity index (χ4v) is 9.43. The second-order valence-electron chi connectivity index (χ2n) is 18.4. The number of hydrogen-bond donors (Lipinski definition) is 13. The van der Waals surface area contributed by atoms with Crippen molar-refractivity contribution in [3.63, 3.8) is 0 Å². The zero-order valence-corrected chi connectivity index (χ0v) is 39.3. The maximum absolute atomic E-state index is 14.7. The molecule has 14 N–H and O–H groups in total. The lowest BCUT2D eigenvalue weighted by Gasteiger charge is -2.33. The van der Waals surface area contributed by atoms with Crippen LogP contribution >= 0.6 is 0 Å². The van der Waals surface area contributed by atoms with E-state index in [4.69, 9.17) is 15.9 Å². The predicted molar refractivity (Wildman–Crippen MR) is 256 cm³/mol. The second-order valence-corrected chi connectivity index (χ2v) is 18.4. The zero-order chi connectivity index (χ0) is 50.3. The van der Waals surface area contributed by atoms with Crippen molar-refractivity contribution in [1.29, 1.82) is 5.41 Å². The number of carboxylic acid groups (broad SMARTS) is 1. The Kier molecular flexibility index (Phi) is 18.9. The number of aliphatic hydroxyl groups excluding tert-OH is 2. The summed E-state index contributed by atoms with van der Waals surface area (Å²) in [7, 11) is 1.52. The molecule has 3 fully saturated rings. The molecule has 22 heteroatoms. The minimum Gasteiger partial charge on any atom is -0.497 e. The van der Waals surface area contributed by atoms with Crippen molar-refractivity contribution in [1.82, 2.24) is 47.1 Å². The first-order valence-corrected chi connectivity index (χ1v) is 23.9. The number of guanidine groups is 1. The number of H-pyrrole nitrogens is 1. The minimum atomic E-state index is -1.32. The number of rotatable bonds is 16. The van der Waals surface area contributed by atoms with Crippen LogP contribution in [0.3, 0.4) is 0 Å². The number of aromatic amines is 1. The van der Waals surface area contributed by atoms with Crippen LogP contribution < -0.4 is 47.7 Å². The summed E-state index contributed by atoms with van der Waals surface area (Å²) >= 11 is 0. The summed E-state index contributed by atoms with van der Waals surface area (Å²) in [5.74, 6) is -5.21. The topological polar surface area (TPSA) is 343 Å². The molecule has 1 saturated carbocycles. The number of nitrogens with one attached hydrogen (secondary N) is 9. The van der Waals surface area contributed by atoms with Gasteiger partial charge in [0.15, 0.2) is 5.96 Å². The van der Waals surface area contributed by atoms with Gasteiger partial charge in [0.25, 0.3) is 0 Å². The van der Waals surface area contributed by atoms with E-state index in [0.717, 1.165) is 10.9 Å². The SMILES string of the molecule is COc1ccc2[nH]cc(C[C@@H]3NC(=O)[C@@H](C[C@H]4CC[C@@H](O)CC4)NC(=O)[C@@H]4C[C@@H](O)CN4C(=O)[C@@H](NC(=O)C(Cc4ccccc4)NCC(=O)O)CCCNC(=O)[C@H](CCCNC(=N)N)NC3=O)c2c1. The molecular formula is C48H67N11O11. The van der Waals surface area contributed by atoms with Gasteiger partial charge in [-0.1, -0.05) is 30.3 Å². The summed E-state index contributed by atoms with van der Waals surface area (Å²) in [6, 6.07) is 6.82. The number of carboxylic acids is 1. The quantitative estimate of drug-likeness (QED) is 0.0467. The third-order valence-electron chi connectivity index (χ3n) is 13.2. The lowest BCUT2D eigenvalue weighted by atomic mass is 9.83. The van der Waals surface area contributed by atoms with Gasteiger partial charge in [-0.25, -0.2) is 0 Å². The molecule has 22 nitrogen and oxygen atoms in total. The average molecular weight is 974 g/mol. The Bertz CT molecular complexity index is 2320. The van der Waals surface area contributed by atoms with Crippen molar-refractivity contribution in [2.75, 3.05) is 33.3 Å². The molecule has 0 spiro atoms. The Morgan fingerprint density at radius 3 is 2.33 bits per heavy atom. The van der Waals surface area contributed by atoms with Crippen molar-refractivity contribution in [3.8, 4) is 5.75 Å². The first kappa shape index (κ1) is 52.6. The van der Waals surface area contributed by atoms with Crippen LogP contribution in [0.5, 0.6) is 5.75 Å². The lowest BCUT2D eigenvalue weighted by molar-refractivity contribution is -0.143. The summed E-state index contributed by atoms with van der Waals surface area (Å²) in [6.07, 6.45) is 2.47. The smallest absolute Gasteiger partial charge is 0.317 e. The fraction of sp³-hybridized carbons (Fsp3) is 0.542. The highest BCUT2D eigenvalue weighted by Gasteiger charge is 2.43. The van der Waals surface area contributed by atoms with Gasteiger partial charge in [-0.15, -0.1) is 0 Å². The Labute approximate surface area is 405 Å². The molecule has 1 aromatic heterocycles. The van der Waals surface area contributed by atoms with Crippen LogP contribution in [0.15, 0.2) is 54.7 Å². The Hall–Kier alpha value is -6.78. The molecule has 2 saturated heterocycles. The van der Waals surface area contributed by atoms with E-state index < -0.39 is 96.4 Å². The molecule has 0 radical (unpaired) electrons. The molecule has 2 aliphatic heterocycles. The van der Waals surface area contributed by atoms with E-state index in [1.165, 1.54) is 12.0 Å². The molecule has 0 bridgehead atoms. The number of benzene rings is 2.